The number of hydrogen-bond donors (Lipinski definition) is 1. The van der Waals surface area contributed by atoms with Crippen LogP contribution in [0.2, 0.25) is 0 Å². The molecule has 1 heterocycles. The van der Waals surface area contributed by atoms with E-state index in [2.05, 4.69) is 0 Å². The molecule has 1 aromatic carbocycles. The van der Waals surface area contributed by atoms with E-state index >= 15 is 0 Å². The summed E-state index contributed by atoms with van der Waals surface area (Å²) in [6.45, 7) is 4.45. The Morgan fingerprint density at radius 3 is 2.56 bits per heavy atom. The third-order valence-corrected chi connectivity index (χ3v) is 5.04. The maximum Gasteiger partial charge on any atom is 0.323 e. The molecule has 0 radical (unpaired) electrons. The lowest BCUT2D eigenvalue weighted by molar-refractivity contribution is -0.149. The Hall–Kier alpha value is -2.44. The van der Waals surface area contributed by atoms with E-state index in [1.165, 1.54) is 29.2 Å². The Labute approximate surface area is 158 Å². The molecule has 0 bridgehead atoms. The first-order valence-corrected chi connectivity index (χ1v) is 9.35. The van der Waals surface area contributed by atoms with Crippen LogP contribution in [-0.2, 0) is 20.9 Å². The Bertz CT molecular complexity index is 677. The summed E-state index contributed by atoms with van der Waals surface area (Å²) in [7, 11) is 0. The van der Waals surface area contributed by atoms with Crippen molar-refractivity contribution >= 4 is 17.8 Å². The van der Waals surface area contributed by atoms with Crippen LogP contribution in [0.1, 0.15) is 38.7 Å². The van der Waals surface area contributed by atoms with Crippen LogP contribution >= 0.6 is 0 Å². The molecule has 1 N–H and O–H groups in total. The molecule has 27 heavy (non-hydrogen) atoms. The predicted octanol–water partition coefficient (Wildman–Crippen LogP) is 2.52. The molecule has 1 aliphatic heterocycles. The fourth-order valence-electron chi connectivity index (χ4n) is 3.31. The number of amides is 2. The van der Waals surface area contributed by atoms with Gasteiger partial charge in [0.15, 0.2) is 0 Å². The van der Waals surface area contributed by atoms with Crippen molar-refractivity contribution in [2.45, 2.75) is 39.7 Å². The maximum atomic E-state index is 13.1. The summed E-state index contributed by atoms with van der Waals surface area (Å²) in [5.74, 6) is -2.23. The van der Waals surface area contributed by atoms with Gasteiger partial charge in [0.1, 0.15) is 12.4 Å². The van der Waals surface area contributed by atoms with Gasteiger partial charge in [0.2, 0.25) is 11.8 Å². The number of piperidine rings is 1. The fourth-order valence-corrected chi connectivity index (χ4v) is 3.31. The molecule has 0 aromatic heterocycles. The van der Waals surface area contributed by atoms with E-state index in [1.807, 2.05) is 13.8 Å². The van der Waals surface area contributed by atoms with Crippen molar-refractivity contribution < 1.29 is 23.9 Å². The minimum absolute atomic E-state index is 0.0401. The summed E-state index contributed by atoms with van der Waals surface area (Å²) in [5.41, 5.74) is 0.661. The van der Waals surface area contributed by atoms with Crippen molar-refractivity contribution in [2.75, 3.05) is 19.6 Å². The van der Waals surface area contributed by atoms with Gasteiger partial charge in [-0.1, -0.05) is 26.0 Å². The smallest absolute Gasteiger partial charge is 0.323 e. The van der Waals surface area contributed by atoms with Crippen LogP contribution < -0.4 is 0 Å². The number of hydrogen-bond acceptors (Lipinski definition) is 3. The van der Waals surface area contributed by atoms with Gasteiger partial charge in [-0.2, -0.15) is 0 Å². The molecular weight excluding hydrogens is 351 g/mol. The summed E-state index contributed by atoms with van der Waals surface area (Å²) in [5, 5.41) is 9.18. The second-order valence-corrected chi connectivity index (χ2v) is 7.15. The number of carbonyl (C=O) groups is 3. The van der Waals surface area contributed by atoms with Crippen LogP contribution in [0.15, 0.2) is 24.3 Å². The molecule has 2 rings (SSSR count). The van der Waals surface area contributed by atoms with Crippen LogP contribution in [0.25, 0.3) is 0 Å². The average Bonchev–Trinajstić information content (AvgIpc) is 2.67. The van der Waals surface area contributed by atoms with Crippen LogP contribution in [0.3, 0.4) is 0 Å². The zero-order chi connectivity index (χ0) is 20.0. The first-order chi connectivity index (χ1) is 12.8. The van der Waals surface area contributed by atoms with Crippen molar-refractivity contribution in [1.82, 2.24) is 9.80 Å². The van der Waals surface area contributed by atoms with Gasteiger partial charge in [-0.3, -0.25) is 14.4 Å². The quantitative estimate of drug-likeness (QED) is 0.791. The van der Waals surface area contributed by atoms with Gasteiger partial charge in [0.25, 0.3) is 0 Å². The van der Waals surface area contributed by atoms with Gasteiger partial charge in [0, 0.05) is 25.6 Å². The third-order valence-electron chi connectivity index (χ3n) is 5.04. The summed E-state index contributed by atoms with van der Waals surface area (Å²) in [6, 6.07) is 5.64. The monoisotopic (exact) mass is 378 g/mol. The Kier molecular flexibility index (Phi) is 7.33. The molecule has 1 fully saturated rings. The van der Waals surface area contributed by atoms with Crippen molar-refractivity contribution in [3.05, 3.63) is 35.6 Å². The average molecular weight is 378 g/mol. The van der Waals surface area contributed by atoms with Gasteiger partial charge < -0.3 is 14.9 Å². The van der Waals surface area contributed by atoms with Gasteiger partial charge in [-0.25, -0.2) is 4.39 Å². The van der Waals surface area contributed by atoms with Crippen LogP contribution in [0, 0.1) is 17.7 Å². The van der Waals surface area contributed by atoms with Gasteiger partial charge >= 0.3 is 5.97 Å². The molecule has 2 unspecified atom stereocenters. The van der Waals surface area contributed by atoms with Crippen LogP contribution in [0.4, 0.5) is 4.39 Å². The molecule has 1 aromatic rings. The van der Waals surface area contributed by atoms with E-state index in [9.17, 15) is 23.9 Å². The number of halogens is 1. The Morgan fingerprint density at radius 2 is 1.96 bits per heavy atom. The molecule has 7 heteroatoms. The minimum atomic E-state index is -1.10. The zero-order valence-electron chi connectivity index (χ0n) is 15.9. The molecule has 1 aliphatic rings. The summed E-state index contributed by atoms with van der Waals surface area (Å²) in [4.78, 5) is 39.6. The minimum Gasteiger partial charge on any atom is -0.480 e. The molecule has 148 valence electrons. The van der Waals surface area contributed by atoms with E-state index in [-0.39, 0.29) is 30.1 Å². The number of aliphatic carboxylic acids is 1. The molecular formula is C20H27FN2O4. The number of carboxylic acids is 1. The third kappa shape index (κ3) is 5.77. The van der Waals surface area contributed by atoms with Gasteiger partial charge in [-0.15, -0.1) is 0 Å². The molecule has 2 amide bonds. The highest BCUT2D eigenvalue weighted by molar-refractivity contribution is 5.84. The molecule has 6 nitrogen and oxygen atoms in total. The number of benzene rings is 1. The normalized spacial score (nSPS) is 18.0. The molecule has 0 aliphatic carbocycles. The Balaban J connectivity index is 2.10. The lowest BCUT2D eigenvalue weighted by Gasteiger charge is -2.35. The second-order valence-electron chi connectivity index (χ2n) is 7.15. The van der Waals surface area contributed by atoms with E-state index in [0.717, 1.165) is 12.8 Å². The van der Waals surface area contributed by atoms with Crippen LogP contribution in [-0.4, -0.2) is 52.3 Å². The van der Waals surface area contributed by atoms with Crippen LogP contribution in [0.5, 0.6) is 0 Å². The number of nitrogens with zero attached hydrogens (tertiary/aromatic N) is 2. The number of rotatable bonds is 7. The van der Waals surface area contributed by atoms with E-state index in [1.54, 1.807) is 4.90 Å². The van der Waals surface area contributed by atoms with Crippen molar-refractivity contribution in [3.63, 3.8) is 0 Å². The number of carboxylic acid groups (broad SMARTS) is 1. The topological polar surface area (TPSA) is 77.9 Å². The summed E-state index contributed by atoms with van der Waals surface area (Å²) >= 11 is 0. The highest BCUT2D eigenvalue weighted by atomic mass is 19.1. The van der Waals surface area contributed by atoms with Crippen molar-refractivity contribution in [2.24, 2.45) is 11.8 Å². The fraction of sp³-hybridized carbons (Fsp3) is 0.550. The number of carbonyl (C=O) groups excluding carboxylic acids is 2. The first-order valence-electron chi connectivity index (χ1n) is 9.35. The first kappa shape index (κ1) is 20.9. The molecule has 1 saturated heterocycles. The lowest BCUT2D eigenvalue weighted by atomic mass is 9.94. The van der Waals surface area contributed by atoms with E-state index in [0.29, 0.717) is 25.1 Å². The highest BCUT2D eigenvalue weighted by Crippen LogP contribution is 2.22. The van der Waals surface area contributed by atoms with Crippen molar-refractivity contribution in [3.8, 4) is 0 Å². The Morgan fingerprint density at radius 1 is 1.30 bits per heavy atom. The largest absolute Gasteiger partial charge is 0.480 e. The summed E-state index contributed by atoms with van der Waals surface area (Å²) < 4.78 is 13.1. The SMILES string of the molecule is CCC(C)C(=O)N1CCCC(C(=O)N(CC(=O)O)Cc2ccc(F)cc2)C1. The van der Waals surface area contributed by atoms with Gasteiger partial charge in [-0.05, 0) is 37.0 Å². The standard InChI is InChI=1S/C20H27FN2O4/c1-3-14(2)19(26)22-10-4-5-16(12-22)20(27)23(13-18(24)25)11-15-6-8-17(21)9-7-15/h6-9,14,16H,3-5,10-13H2,1-2H3,(H,24,25). The maximum absolute atomic E-state index is 13.1. The second kappa shape index (κ2) is 9.48. The summed E-state index contributed by atoms with van der Waals surface area (Å²) in [6.07, 6.45) is 2.09. The van der Waals surface area contributed by atoms with Gasteiger partial charge in [0.05, 0.1) is 5.92 Å². The molecule has 0 spiro atoms. The number of likely N-dealkylation sites (tertiary alicyclic amines) is 1. The lowest BCUT2D eigenvalue weighted by Crippen LogP contribution is -2.48. The molecule has 0 saturated carbocycles. The van der Waals surface area contributed by atoms with E-state index < -0.39 is 18.4 Å². The highest BCUT2D eigenvalue weighted by Gasteiger charge is 2.33. The van der Waals surface area contributed by atoms with Crippen molar-refractivity contribution in [1.29, 1.82) is 0 Å². The zero-order valence-corrected chi connectivity index (χ0v) is 15.9. The predicted molar refractivity (Wildman–Crippen MR) is 98.2 cm³/mol. The van der Waals surface area contributed by atoms with E-state index in [4.69, 9.17) is 0 Å². The molecule has 2 atom stereocenters.